The molecular formula is C13H19F2N. The Morgan fingerprint density at radius 2 is 1.94 bits per heavy atom. The van der Waals surface area contributed by atoms with Crippen LogP contribution in [-0.4, -0.2) is 12.6 Å². The second-order valence-electron chi connectivity index (χ2n) is 4.03. The zero-order valence-electron chi connectivity index (χ0n) is 10.1. The number of rotatable bonds is 5. The van der Waals surface area contributed by atoms with Crippen molar-refractivity contribution in [3.8, 4) is 0 Å². The van der Waals surface area contributed by atoms with E-state index < -0.39 is 11.6 Å². The Morgan fingerprint density at radius 1 is 1.25 bits per heavy atom. The number of hydrogen-bond acceptors (Lipinski definition) is 1. The highest BCUT2D eigenvalue weighted by Gasteiger charge is 2.19. The number of halogens is 2. The van der Waals surface area contributed by atoms with Crippen molar-refractivity contribution in [1.29, 1.82) is 0 Å². The molecule has 1 nitrogen and oxygen atoms in total. The lowest BCUT2D eigenvalue weighted by Gasteiger charge is -2.24. The van der Waals surface area contributed by atoms with Crippen molar-refractivity contribution in [3.63, 3.8) is 0 Å². The molecule has 0 spiro atoms. The largest absolute Gasteiger partial charge is 0.314 e. The fourth-order valence-electron chi connectivity index (χ4n) is 2.02. The third kappa shape index (κ3) is 3.01. The van der Waals surface area contributed by atoms with Crippen LogP contribution in [0.4, 0.5) is 8.78 Å². The highest BCUT2D eigenvalue weighted by Crippen LogP contribution is 2.24. The fourth-order valence-corrected chi connectivity index (χ4v) is 2.02. The summed E-state index contributed by atoms with van der Waals surface area (Å²) >= 11 is 0. The molecule has 90 valence electrons. The first-order valence-electron chi connectivity index (χ1n) is 5.78. The van der Waals surface area contributed by atoms with Crippen molar-refractivity contribution in [2.45, 2.75) is 39.2 Å². The molecule has 1 rings (SSSR count). The summed E-state index contributed by atoms with van der Waals surface area (Å²) in [5.41, 5.74) is 0.578. The predicted molar refractivity (Wildman–Crippen MR) is 62.5 cm³/mol. The van der Waals surface area contributed by atoms with Gasteiger partial charge >= 0.3 is 0 Å². The maximum Gasteiger partial charge on any atom is 0.129 e. The smallest absolute Gasteiger partial charge is 0.129 e. The number of likely N-dealkylation sites (N-methyl/N-ethyl adjacent to an activating group) is 1. The molecule has 0 aliphatic carbocycles. The standard InChI is InChI=1S/C13H19F2N/c1-4-13(16-5-2)9(3)11-7-6-10(14)8-12(11)15/h6-9,13,16H,4-5H2,1-3H3. The molecular weight excluding hydrogens is 208 g/mol. The topological polar surface area (TPSA) is 12.0 Å². The Labute approximate surface area is 95.9 Å². The van der Waals surface area contributed by atoms with Crippen molar-refractivity contribution in [3.05, 3.63) is 35.4 Å². The summed E-state index contributed by atoms with van der Waals surface area (Å²) in [5.74, 6) is -0.931. The monoisotopic (exact) mass is 227 g/mol. The predicted octanol–water partition coefficient (Wildman–Crippen LogP) is 3.46. The van der Waals surface area contributed by atoms with Crippen molar-refractivity contribution in [2.24, 2.45) is 0 Å². The van der Waals surface area contributed by atoms with Gasteiger partial charge in [0.25, 0.3) is 0 Å². The molecule has 1 aromatic rings. The van der Waals surface area contributed by atoms with E-state index in [1.165, 1.54) is 12.1 Å². The molecule has 2 atom stereocenters. The number of benzene rings is 1. The second kappa shape index (κ2) is 5.94. The highest BCUT2D eigenvalue weighted by molar-refractivity contribution is 5.23. The molecule has 0 amide bonds. The molecule has 1 N–H and O–H groups in total. The van der Waals surface area contributed by atoms with Crippen LogP contribution in [0.2, 0.25) is 0 Å². The maximum absolute atomic E-state index is 13.6. The van der Waals surface area contributed by atoms with Crippen molar-refractivity contribution < 1.29 is 8.78 Å². The third-order valence-corrected chi connectivity index (χ3v) is 2.96. The minimum absolute atomic E-state index is 0.0468. The molecule has 0 radical (unpaired) electrons. The van der Waals surface area contributed by atoms with E-state index in [2.05, 4.69) is 12.2 Å². The summed E-state index contributed by atoms with van der Waals surface area (Å²) in [6.07, 6.45) is 0.922. The molecule has 0 aromatic heterocycles. The van der Waals surface area contributed by atoms with Gasteiger partial charge in [-0.1, -0.05) is 26.8 Å². The van der Waals surface area contributed by atoms with Gasteiger partial charge in [0.2, 0.25) is 0 Å². The van der Waals surface area contributed by atoms with Gasteiger partial charge in [0.15, 0.2) is 0 Å². The first kappa shape index (κ1) is 13.1. The summed E-state index contributed by atoms with van der Waals surface area (Å²) < 4.78 is 26.4. The third-order valence-electron chi connectivity index (χ3n) is 2.96. The molecule has 0 heterocycles. The SMILES string of the molecule is CCNC(CC)C(C)c1ccc(F)cc1F. The van der Waals surface area contributed by atoms with Crippen LogP contribution >= 0.6 is 0 Å². The lowest BCUT2D eigenvalue weighted by Crippen LogP contribution is -2.33. The van der Waals surface area contributed by atoms with Crippen molar-refractivity contribution in [1.82, 2.24) is 5.32 Å². The maximum atomic E-state index is 13.6. The highest BCUT2D eigenvalue weighted by atomic mass is 19.1. The van der Waals surface area contributed by atoms with E-state index in [0.717, 1.165) is 19.0 Å². The van der Waals surface area contributed by atoms with Crippen LogP contribution in [0, 0.1) is 11.6 Å². The zero-order chi connectivity index (χ0) is 12.1. The van der Waals surface area contributed by atoms with E-state index in [1.807, 2.05) is 13.8 Å². The van der Waals surface area contributed by atoms with Crippen LogP contribution in [0.15, 0.2) is 18.2 Å². The Hall–Kier alpha value is -0.960. The fraction of sp³-hybridized carbons (Fsp3) is 0.538. The molecule has 0 saturated carbocycles. The van der Waals surface area contributed by atoms with E-state index in [0.29, 0.717) is 5.56 Å². The molecule has 2 unspecified atom stereocenters. The summed E-state index contributed by atoms with van der Waals surface area (Å²) in [6.45, 7) is 6.90. The molecule has 0 saturated heterocycles. The van der Waals surface area contributed by atoms with Crippen molar-refractivity contribution >= 4 is 0 Å². The molecule has 0 fully saturated rings. The van der Waals surface area contributed by atoms with E-state index in [-0.39, 0.29) is 12.0 Å². The lowest BCUT2D eigenvalue weighted by molar-refractivity contribution is 0.434. The van der Waals surface area contributed by atoms with Crippen molar-refractivity contribution in [2.75, 3.05) is 6.54 Å². The van der Waals surface area contributed by atoms with Gasteiger partial charge in [-0.3, -0.25) is 0 Å². The molecule has 0 bridgehead atoms. The molecule has 3 heteroatoms. The van der Waals surface area contributed by atoms with Gasteiger partial charge < -0.3 is 5.32 Å². The van der Waals surface area contributed by atoms with Gasteiger partial charge in [0.1, 0.15) is 11.6 Å². The Bertz CT molecular complexity index is 339. The minimum atomic E-state index is -0.523. The van der Waals surface area contributed by atoms with Crippen LogP contribution in [0.1, 0.15) is 38.7 Å². The van der Waals surface area contributed by atoms with Gasteiger partial charge in [-0.05, 0) is 30.5 Å². The number of nitrogens with one attached hydrogen (secondary N) is 1. The van der Waals surface area contributed by atoms with Gasteiger partial charge in [-0.2, -0.15) is 0 Å². The van der Waals surface area contributed by atoms with Gasteiger partial charge in [0, 0.05) is 12.1 Å². The van der Waals surface area contributed by atoms with E-state index in [1.54, 1.807) is 0 Å². The van der Waals surface area contributed by atoms with E-state index >= 15 is 0 Å². The zero-order valence-corrected chi connectivity index (χ0v) is 10.1. The first-order valence-corrected chi connectivity index (χ1v) is 5.78. The van der Waals surface area contributed by atoms with E-state index in [9.17, 15) is 8.78 Å². The van der Waals surface area contributed by atoms with Crippen LogP contribution in [0.3, 0.4) is 0 Å². The number of hydrogen-bond donors (Lipinski definition) is 1. The van der Waals surface area contributed by atoms with Crippen LogP contribution in [0.5, 0.6) is 0 Å². The Balaban J connectivity index is 2.89. The molecule has 0 aliphatic heterocycles. The summed E-state index contributed by atoms with van der Waals surface area (Å²) in [5, 5.41) is 3.31. The lowest BCUT2D eigenvalue weighted by atomic mass is 9.91. The molecule has 0 aliphatic rings. The quantitative estimate of drug-likeness (QED) is 0.812. The molecule has 1 aromatic carbocycles. The van der Waals surface area contributed by atoms with Crippen LogP contribution < -0.4 is 5.32 Å². The average Bonchev–Trinajstić information content (AvgIpc) is 2.25. The molecule has 16 heavy (non-hydrogen) atoms. The van der Waals surface area contributed by atoms with Crippen LogP contribution in [0.25, 0.3) is 0 Å². The normalized spacial score (nSPS) is 14.8. The first-order chi connectivity index (χ1) is 7.60. The summed E-state index contributed by atoms with van der Waals surface area (Å²) in [4.78, 5) is 0. The van der Waals surface area contributed by atoms with Crippen LogP contribution in [-0.2, 0) is 0 Å². The second-order valence-corrected chi connectivity index (χ2v) is 4.03. The Kier molecular flexibility index (Phi) is 4.87. The average molecular weight is 227 g/mol. The van der Waals surface area contributed by atoms with Gasteiger partial charge in [-0.15, -0.1) is 0 Å². The minimum Gasteiger partial charge on any atom is -0.314 e. The summed E-state index contributed by atoms with van der Waals surface area (Å²) in [7, 11) is 0. The summed E-state index contributed by atoms with van der Waals surface area (Å²) in [6, 6.07) is 4.03. The van der Waals surface area contributed by atoms with Gasteiger partial charge in [0.05, 0.1) is 0 Å². The van der Waals surface area contributed by atoms with E-state index in [4.69, 9.17) is 0 Å². The Morgan fingerprint density at radius 3 is 2.44 bits per heavy atom. The van der Waals surface area contributed by atoms with Gasteiger partial charge in [-0.25, -0.2) is 8.78 Å².